The Hall–Kier alpha value is -1.41. The molecule has 0 saturated heterocycles. The Morgan fingerprint density at radius 3 is 2.89 bits per heavy atom. The van der Waals surface area contributed by atoms with Crippen LogP contribution in [0.5, 0.6) is 0 Å². The summed E-state index contributed by atoms with van der Waals surface area (Å²) in [5, 5.41) is 13.1. The molecule has 19 heavy (non-hydrogen) atoms. The van der Waals surface area contributed by atoms with Gasteiger partial charge in [0.25, 0.3) is 0 Å². The van der Waals surface area contributed by atoms with Crippen LogP contribution >= 0.6 is 0 Å². The molecule has 4 atom stereocenters. The van der Waals surface area contributed by atoms with E-state index in [2.05, 4.69) is 17.1 Å². The topological polar surface area (TPSA) is 33.1 Å². The molecule has 0 spiro atoms. The highest BCUT2D eigenvalue weighted by Crippen LogP contribution is 2.53. The summed E-state index contributed by atoms with van der Waals surface area (Å²) in [5.74, 6) is 2.09. The lowest BCUT2D eigenvalue weighted by molar-refractivity contribution is 0.0757. The number of fused-ring (bicyclic) bond motifs is 3. The van der Waals surface area contributed by atoms with E-state index in [-0.39, 0.29) is 6.10 Å². The Balaban J connectivity index is 1.74. The second kappa shape index (κ2) is 4.31. The Morgan fingerprint density at radius 2 is 2.11 bits per heavy atom. The summed E-state index contributed by atoms with van der Waals surface area (Å²) >= 11 is 0. The highest BCUT2D eigenvalue weighted by atomic mass is 16.3. The van der Waals surface area contributed by atoms with Crippen LogP contribution in [0.3, 0.4) is 0 Å². The van der Waals surface area contributed by atoms with Crippen LogP contribution in [0.2, 0.25) is 0 Å². The highest BCUT2D eigenvalue weighted by molar-refractivity contribution is 5.85. The van der Waals surface area contributed by atoms with Crippen molar-refractivity contribution in [2.75, 3.05) is 0 Å². The van der Waals surface area contributed by atoms with Crippen molar-refractivity contribution in [3.8, 4) is 0 Å². The fourth-order valence-electron chi connectivity index (χ4n) is 4.32. The normalized spacial score (nSPS) is 30.9. The van der Waals surface area contributed by atoms with Crippen molar-refractivity contribution >= 4 is 10.8 Å². The third kappa shape index (κ3) is 1.78. The number of rotatable bonds is 2. The van der Waals surface area contributed by atoms with Gasteiger partial charge in [0.2, 0.25) is 0 Å². The van der Waals surface area contributed by atoms with E-state index in [0.717, 1.165) is 28.2 Å². The molecule has 1 N–H and O–H groups in total. The zero-order chi connectivity index (χ0) is 12.8. The summed E-state index contributed by atoms with van der Waals surface area (Å²) in [6, 6.07) is 8.22. The van der Waals surface area contributed by atoms with Gasteiger partial charge in [-0.1, -0.05) is 24.6 Å². The van der Waals surface area contributed by atoms with Crippen molar-refractivity contribution in [1.29, 1.82) is 0 Å². The molecule has 2 nitrogen and oxygen atoms in total. The number of aromatic nitrogens is 1. The molecular weight excluding hydrogens is 234 g/mol. The lowest BCUT2D eigenvalue weighted by Gasteiger charge is -2.27. The smallest absolute Gasteiger partial charge is 0.0826 e. The molecule has 1 heterocycles. The van der Waals surface area contributed by atoms with E-state index in [1.54, 1.807) is 0 Å². The van der Waals surface area contributed by atoms with Gasteiger partial charge in [-0.2, -0.15) is 0 Å². The van der Waals surface area contributed by atoms with Gasteiger partial charge in [0.05, 0.1) is 6.10 Å². The molecular formula is C17H19NO. The largest absolute Gasteiger partial charge is 0.388 e. The molecule has 0 amide bonds. The van der Waals surface area contributed by atoms with Gasteiger partial charge in [0.15, 0.2) is 0 Å². The van der Waals surface area contributed by atoms with Crippen LogP contribution in [0.1, 0.15) is 37.4 Å². The second-order valence-corrected chi connectivity index (χ2v) is 6.23. The van der Waals surface area contributed by atoms with Crippen LogP contribution in [0, 0.1) is 17.8 Å². The maximum Gasteiger partial charge on any atom is 0.0826 e. The van der Waals surface area contributed by atoms with Gasteiger partial charge in [-0.05, 0) is 54.0 Å². The maximum absolute atomic E-state index is 10.8. The summed E-state index contributed by atoms with van der Waals surface area (Å²) in [6.07, 6.45) is 8.65. The van der Waals surface area contributed by atoms with E-state index in [4.69, 9.17) is 0 Å². The minimum atomic E-state index is -0.304. The average Bonchev–Trinajstić information content (AvgIpc) is 3.08. The average molecular weight is 253 g/mol. The molecule has 4 rings (SSSR count). The van der Waals surface area contributed by atoms with Gasteiger partial charge in [0, 0.05) is 17.8 Å². The molecule has 98 valence electrons. The first kappa shape index (κ1) is 11.4. The standard InChI is InChI=1S/C17H19NO/c19-17(16-9-11-4-5-12(16)8-11)15-3-1-2-13-10-18-7-6-14(13)15/h1-3,6-7,10-12,16-17,19H,4-5,8-9H2. The van der Waals surface area contributed by atoms with Crippen molar-refractivity contribution in [1.82, 2.24) is 4.98 Å². The van der Waals surface area contributed by atoms with Gasteiger partial charge >= 0.3 is 0 Å². The molecule has 2 fully saturated rings. The van der Waals surface area contributed by atoms with Crippen molar-refractivity contribution in [2.45, 2.75) is 31.8 Å². The van der Waals surface area contributed by atoms with E-state index in [1.807, 2.05) is 24.5 Å². The summed E-state index contributed by atoms with van der Waals surface area (Å²) in [4.78, 5) is 4.17. The first-order chi connectivity index (χ1) is 9.33. The number of pyridine rings is 1. The lowest BCUT2D eigenvalue weighted by atomic mass is 9.81. The van der Waals surface area contributed by atoms with E-state index in [9.17, 15) is 5.11 Å². The number of hydrogen-bond acceptors (Lipinski definition) is 2. The van der Waals surface area contributed by atoms with Crippen LogP contribution in [0.25, 0.3) is 10.8 Å². The Morgan fingerprint density at radius 1 is 1.16 bits per heavy atom. The number of benzene rings is 1. The zero-order valence-corrected chi connectivity index (χ0v) is 11.0. The van der Waals surface area contributed by atoms with Crippen molar-refractivity contribution in [3.63, 3.8) is 0 Å². The zero-order valence-electron chi connectivity index (χ0n) is 11.0. The van der Waals surface area contributed by atoms with Crippen LogP contribution in [-0.2, 0) is 0 Å². The third-order valence-corrected chi connectivity index (χ3v) is 5.23. The second-order valence-electron chi connectivity index (χ2n) is 6.23. The number of nitrogens with zero attached hydrogens (tertiary/aromatic N) is 1. The van der Waals surface area contributed by atoms with E-state index >= 15 is 0 Å². The fourth-order valence-corrected chi connectivity index (χ4v) is 4.32. The molecule has 4 unspecified atom stereocenters. The van der Waals surface area contributed by atoms with Crippen LogP contribution in [0.4, 0.5) is 0 Å². The summed E-state index contributed by atoms with van der Waals surface area (Å²) < 4.78 is 0. The SMILES string of the molecule is OC(c1cccc2cnccc12)C1CC2CCC1C2. The van der Waals surface area contributed by atoms with E-state index in [1.165, 1.54) is 25.7 Å². The van der Waals surface area contributed by atoms with Gasteiger partial charge < -0.3 is 5.11 Å². The Kier molecular flexibility index (Phi) is 2.59. The molecule has 2 aromatic rings. The molecule has 1 aromatic heterocycles. The Labute approximate surface area is 113 Å². The summed E-state index contributed by atoms with van der Waals surface area (Å²) in [7, 11) is 0. The molecule has 2 bridgehead atoms. The molecule has 2 heteroatoms. The minimum absolute atomic E-state index is 0.304. The predicted molar refractivity (Wildman–Crippen MR) is 75.6 cm³/mol. The van der Waals surface area contributed by atoms with Crippen LogP contribution in [0.15, 0.2) is 36.7 Å². The first-order valence-electron chi connectivity index (χ1n) is 7.33. The van der Waals surface area contributed by atoms with E-state index in [0.29, 0.717) is 5.92 Å². The molecule has 2 aliphatic rings. The third-order valence-electron chi connectivity index (χ3n) is 5.23. The highest BCUT2D eigenvalue weighted by Gasteiger charge is 2.43. The minimum Gasteiger partial charge on any atom is -0.388 e. The molecule has 1 aromatic carbocycles. The van der Waals surface area contributed by atoms with Crippen molar-refractivity contribution < 1.29 is 5.11 Å². The predicted octanol–water partition coefficient (Wildman–Crippen LogP) is 3.70. The van der Waals surface area contributed by atoms with E-state index < -0.39 is 0 Å². The van der Waals surface area contributed by atoms with Gasteiger partial charge in [-0.3, -0.25) is 4.98 Å². The lowest BCUT2D eigenvalue weighted by Crippen LogP contribution is -2.19. The molecule has 2 saturated carbocycles. The summed E-state index contributed by atoms with van der Waals surface area (Å²) in [5.41, 5.74) is 1.09. The molecule has 0 radical (unpaired) electrons. The fraction of sp³-hybridized carbons (Fsp3) is 0.471. The van der Waals surface area contributed by atoms with Crippen LogP contribution < -0.4 is 0 Å². The molecule has 2 aliphatic carbocycles. The van der Waals surface area contributed by atoms with Crippen LogP contribution in [-0.4, -0.2) is 10.1 Å². The van der Waals surface area contributed by atoms with Gasteiger partial charge in [0.1, 0.15) is 0 Å². The van der Waals surface area contributed by atoms with Crippen molar-refractivity contribution in [2.24, 2.45) is 17.8 Å². The first-order valence-corrected chi connectivity index (χ1v) is 7.33. The van der Waals surface area contributed by atoms with Crippen molar-refractivity contribution in [3.05, 3.63) is 42.2 Å². The monoisotopic (exact) mass is 253 g/mol. The van der Waals surface area contributed by atoms with Gasteiger partial charge in [-0.25, -0.2) is 0 Å². The Bertz CT molecular complexity index is 604. The van der Waals surface area contributed by atoms with Gasteiger partial charge in [-0.15, -0.1) is 0 Å². The number of aliphatic hydroxyl groups is 1. The number of aliphatic hydroxyl groups excluding tert-OH is 1. The maximum atomic E-state index is 10.8. The molecule has 0 aliphatic heterocycles. The number of hydrogen-bond donors (Lipinski definition) is 1. The quantitative estimate of drug-likeness (QED) is 0.885. The summed E-state index contributed by atoms with van der Waals surface area (Å²) in [6.45, 7) is 0.